The molecule has 3 aromatic rings. The highest BCUT2D eigenvalue weighted by Crippen LogP contribution is 2.17. The zero-order valence-electron chi connectivity index (χ0n) is 15.2. The average Bonchev–Trinajstić information content (AvgIpc) is 2.69. The number of benzene rings is 3. The molecule has 27 heavy (non-hydrogen) atoms. The van der Waals surface area contributed by atoms with Crippen molar-refractivity contribution in [3.05, 3.63) is 95.6 Å². The fourth-order valence-corrected chi connectivity index (χ4v) is 2.61. The normalized spacial score (nSPS) is 11.1. The van der Waals surface area contributed by atoms with Crippen molar-refractivity contribution in [2.24, 2.45) is 5.10 Å². The molecule has 0 bridgehead atoms. The number of anilines is 2. The van der Waals surface area contributed by atoms with Crippen LogP contribution in [0.3, 0.4) is 0 Å². The van der Waals surface area contributed by atoms with Crippen molar-refractivity contribution in [3.63, 3.8) is 0 Å². The zero-order chi connectivity index (χ0) is 19.2. The third-order valence-electron chi connectivity index (χ3n) is 4.12. The summed E-state index contributed by atoms with van der Waals surface area (Å²) in [7, 11) is 4.00. The Morgan fingerprint density at radius 1 is 0.815 bits per heavy atom. The minimum Gasteiger partial charge on any atom is -0.545 e. The number of hydrogen-bond donors (Lipinski definition) is 1. The minimum atomic E-state index is -1.20. The third kappa shape index (κ3) is 4.52. The molecular formula is C22H20N3O2-. The maximum absolute atomic E-state index is 10.9. The lowest BCUT2D eigenvalue weighted by Gasteiger charge is -2.14. The first kappa shape index (κ1) is 18.2. The first-order chi connectivity index (χ1) is 13.0. The molecular weight excluding hydrogens is 338 g/mol. The van der Waals surface area contributed by atoms with Crippen LogP contribution < -0.4 is 15.4 Å². The molecule has 5 nitrogen and oxygen atoms in total. The van der Waals surface area contributed by atoms with Crippen LogP contribution in [0.25, 0.3) is 0 Å². The molecule has 0 atom stereocenters. The molecule has 0 saturated carbocycles. The van der Waals surface area contributed by atoms with Crippen LogP contribution in [0.4, 0.5) is 11.4 Å². The number of carboxylic acid groups (broad SMARTS) is 1. The van der Waals surface area contributed by atoms with Gasteiger partial charge in [-0.1, -0.05) is 54.6 Å². The molecule has 0 aromatic heterocycles. The standard InChI is InChI=1S/C22H21N3O2/c1-25(2)20-14-10-17(11-15-20)21(16-6-4-3-5-7-16)24-23-19-12-8-18(9-13-19)22(26)27/h3-15,23H,1-2H3,(H,26,27)/p-1/b24-21-. The molecule has 1 N–H and O–H groups in total. The number of rotatable bonds is 6. The molecule has 0 aliphatic carbocycles. The van der Waals surface area contributed by atoms with Crippen molar-refractivity contribution in [1.82, 2.24) is 0 Å². The SMILES string of the molecule is CN(C)c1ccc(/C(=N\Nc2ccc(C(=O)[O-])cc2)c2ccccc2)cc1. The zero-order valence-corrected chi connectivity index (χ0v) is 15.2. The fraction of sp³-hybridized carbons (Fsp3) is 0.0909. The predicted octanol–water partition coefficient (Wildman–Crippen LogP) is 2.98. The Morgan fingerprint density at radius 2 is 1.37 bits per heavy atom. The summed E-state index contributed by atoms with van der Waals surface area (Å²) in [5.74, 6) is -1.20. The van der Waals surface area contributed by atoms with Crippen molar-refractivity contribution in [1.29, 1.82) is 0 Å². The first-order valence-corrected chi connectivity index (χ1v) is 8.53. The van der Waals surface area contributed by atoms with Crippen molar-refractivity contribution in [2.45, 2.75) is 0 Å². The van der Waals surface area contributed by atoms with E-state index in [1.807, 2.05) is 73.6 Å². The van der Waals surface area contributed by atoms with Gasteiger partial charge in [-0.15, -0.1) is 0 Å². The second-order valence-corrected chi connectivity index (χ2v) is 6.24. The van der Waals surface area contributed by atoms with Gasteiger partial charge in [-0.25, -0.2) is 0 Å². The summed E-state index contributed by atoms with van der Waals surface area (Å²) in [6.07, 6.45) is 0. The van der Waals surface area contributed by atoms with Crippen LogP contribution in [0.2, 0.25) is 0 Å². The van der Waals surface area contributed by atoms with Gasteiger partial charge in [-0.05, 0) is 29.8 Å². The first-order valence-electron chi connectivity index (χ1n) is 8.53. The van der Waals surface area contributed by atoms with Gasteiger partial charge >= 0.3 is 0 Å². The number of carbonyl (C=O) groups excluding carboxylic acids is 1. The topological polar surface area (TPSA) is 67.8 Å². The summed E-state index contributed by atoms with van der Waals surface area (Å²) in [4.78, 5) is 12.9. The molecule has 0 unspecified atom stereocenters. The van der Waals surface area contributed by atoms with E-state index in [4.69, 9.17) is 0 Å². The average molecular weight is 358 g/mol. The van der Waals surface area contributed by atoms with Crippen LogP contribution in [0.1, 0.15) is 21.5 Å². The molecule has 5 heteroatoms. The lowest BCUT2D eigenvalue weighted by atomic mass is 10.0. The van der Waals surface area contributed by atoms with E-state index < -0.39 is 5.97 Å². The van der Waals surface area contributed by atoms with Crippen LogP contribution in [0, 0.1) is 0 Å². The molecule has 0 saturated heterocycles. The molecule has 0 aliphatic heterocycles. The number of carbonyl (C=O) groups is 1. The Hall–Kier alpha value is -3.60. The minimum absolute atomic E-state index is 0.132. The van der Waals surface area contributed by atoms with Crippen molar-refractivity contribution >= 4 is 23.1 Å². The van der Waals surface area contributed by atoms with Crippen LogP contribution in [0.15, 0.2) is 84.0 Å². The number of aromatic carboxylic acids is 1. The van der Waals surface area contributed by atoms with Gasteiger partial charge in [0, 0.05) is 30.9 Å². The summed E-state index contributed by atoms with van der Waals surface area (Å²) < 4.78 is 0. The van der Waals surface area contributed by atoms with Crippen LogP contribution in [-0.2, 0) is 0 Å². The molecule has 0 spiro atoms. The van der Waals surface area contributed by atoms with E-state index >= 15 is 0 Å². The lowest BCUT2D eigenvalue weighted by molar-refractivity contribution is -0.255. The molecule has 0 amide bonds. The Bertz CT molecular complexity index is 932. The van der Waals surface area contributed by atoms with E-state index in [1.165, 1.54) is 12.1 Å². The maximum Gasteiger partial charge on any atom is 0.0977 e. The third-order valence-corrected chi connectivity index (χ3v) is 4.12. The van der Waals surface area contributed by atoms with Gasteiger partial charge in [-0.3, -0.25) is 5.43 Å². The van der Waals surface area contributed by atoms with E-state index in [-0.39, 0.29) is 5.56 Å². The summed E-state index contributed by atoms with van der Waals surface area (Å²) in [5, 5.41) is 15.4. The van der Waals surface area contributed by atoms with Crippen molar-refractivity contribution in [3.8, 4) is 0 Å². The molecule has 0 fully saturated rings. The Morgan fingerprint density at radius 3 is 1.93 bits per heavy atom. The van der Waals surface area contributed by atoms with E-state index in [0.717, 1.165) is 22.5 Å². The second-order valence-electron chi connectivity index (χ2n) is 6.24. The highest BCUT2D eigenvalue weighted by atomic mass is 16.4. The smallest absolute Gasteiger partial charge is 0.0977 e. The number of hydrogen-bond acceptors (Lipinski definition) is 5. The van der Waals surface area contributed by atoms with E-state index in [1.54, 1.807) is 12.1 Å². The molecule has 136 valence electrons. The monoisotopic (exact) mass is 358 g/mol. The largest absolute Gasteiger partial charge is 0.545 e. The predicted molar refractivity (Wildman–Crippen MR) is 107 cm³/mol. The second kappa shape index (κ2) is 8.19. The highest BCUT2D eigenvalue weighted by molar-refractivity contribution is 6.13. The quantitative estimate of drug-likeness (QED) is 0.543. The van der Waals surface area contributed by atoms with E-state index in [2.05, 4.69) is 10.5 Å². The highest BCUT2D eigenvalue weighted by Gasteiger charge is 2.08. The molecule has 3 rings (SSSR count). The van der Waals surface area contributed by atoms with Gasteiger partial charge in [-0.2, -0.15) is 5.10 Å². The number of nitrogens with zero attached hydrogens (tertiary/aromatic N) is 2. The molecule has 0 radical (unpaired) electrons. The van der Waals surface area contributed by atoms with Crippen LogP contribution >= 0.6 is 0 Å². The van der Waals surface area contributed by atoms with Gasteiger partial charge in [0.2, 0.25) is 0 Å². The Balaban J connectivity index is 1.92. The van der Waals surface area contributed by atoms with Gasteiger partial charge in [0.15, 0.2) is 0 Å². The van der Waals surface area contributed by atoms with Crippen molar-refractivity contribution < 1.29 is 9.90 Å². The summed E-state index contributed by atoms with van der Waals surface area (Å²) in [6.45, 7) is 0. The summed E-state index contributed by atoms with van der Waals surface area (Å²) in [6, 6.07) is 24.3. The summed E-state index contributed by atoms with van der Waals surface area (Å²) in [5.41, 5.74) is 7.70. The van der Waals surface area contributed by atoms with E-state index in [0.29, 0.717) is 5.69 Å². The fourth-order valence-electron chi connectivity index (χ4n) is 2.61. The molecule has 0 aliphatic rings. The number of carboxylic acids is 1. The lowest BCUT2D eigenvalue weighted by Crippen LogP contribution is -2.21. The number of hydrazone groups is 1. The van der Waals surface area contributed by atoms with Crippen LogP contribution in [-0.4, -0.2) is 25.8 Å². The van der Waals surface area contributed by atoms with Gasteiger partial charge in [0.05, 0.1) is 17.4 Å². The van der Waals surface area contributed by atoms with E-state index in [9.17, 15) is 9.90 Å². The van der Waals surface area contributed by atoms with Crippen molar-refractivity contribution in [2.75, 3.05) is 24.4 Å². The van der Waals surface area contributed by atoms with Gasteiger partial charge in [0.1, 0.15) is 0 Å². The van der Waals surface area contributed by atoms with Gasteiger partial charge < -0.3 is 14.8 Å². The maximum atomic E-state index is 10.9. The van der Waals surface area contributed by atoms with Gasteiger partial charge in [0.25, 0.3) is 0 Å². The van der Waals surface area contributed by atoms with Crippen LogP contribution in [0.5, 0.6) is 0 Å². The molecule has 3 aromatic carbocycles. The Labute approximate surface area is 158 Å². The number of nitrogens with one attached hydrogen (secondary N) is 1. The Kier molecular flexibility index (Phi) is 5.52. The summed E-state index contributed by atoms with van der Waals surface area (Å²) >= 11 is 0. The molecule has 0 heterocycles.